The van der Waals surface area contributed by atoms with Crippen LogP contribution in [0.5, 0.6) is 5.75 Å². The summed E-state index contributed by atoms with van der Waals surface area (Å²) in [5.41, 5.74) is 1.96. The molecule has 0 heterocycles. The summed E-state index contributed by atoms with van der Waals surface area (Å²) in [5, 5.41) is 3.06. The van der Waals surface area contributed by atoms with Gasteiger partial charge in [0.1, 0.15) is 11.8 Å². The van der Waals surface area contributed by atoms with Gasteiger partial charge >= 0.3 is 0 Å². The molecular formula is C24H32N2O3. The van der Waals surface area contributed by atoms with Gasteiger partial charge in [-0.2, -0.15) is 0 Å². The number of hydrogen-bond donors (Lipinski definition) is 1. The summed E-state index contributed by atoms with van der Waals surface area (Å²) < 4.78 is 5.31. The lowest BCUT2D eigenvalue weighted by Gasteiger charge is -2.32. The van der Waals surface area contributed by atoms with Gasteiger partial charge in [-0.15, -0.1) is 0 Å². The monoisotopic (exact) mass is 396 g/mol. The fraction of sp³-hybridized carbons (Fsp3) is 0.417. The zero-order valence-electron chi connectivity index (χ0n) is 17.9. The van der Waals surface area contributed by atoms with E-state index in [9.17, 15) is 9.59 Å². The third-order valence-electron chi connectivity index (χ3n) is 5.06. The molecule has 2 atom stereocenters. The van der Waals surface area contributed by atoms with Crippen LogP contribution in [0.25, 0.3) is 0 Å². The second-order valence-electron chi connectivity index (χ2n) is 7.25. The first-order chi connectivity index (χ1) is 14.0. The Morgan fingerprint density at radius 2 is 1.72 bits per heavy atom. The quantitative estimate of drug-likeness (QED) is 0.661. The molecule has 1 N–H and O–H groups in total. The van der Waals surface area contributed by atoms with Crippen LogP contribution in [0.3, 0.4) is 0 Å². The van der Waals surface area contributed by atoms with E-state index in [2.05, 4.69) is 5.32 Å². The van der Waals surface area contributed by atoms with Crippen molar-refractivity contribution in [2.45, 2.75) is 58.7 Å². The summed E-state index contributed by atoms with van der Waals surface area (Å²) in [4.78, 5) is 27.7. The summed E-state index contributed by atoms with van der Waals surface area (Å²) in [5.74, 6) is 0.566. The number of ether oxygens (including phenoxy) is 1. The summed E-state index contributed by atoms with van der Waals surface area (Å²) in [6, 6.07) is 16.9. The largest absolute Gasteiger partial charge is 0.497 e. The summed E-state index contributed by atoms with van der Waals surface area (Å²) in [6.07, 6.45) is 1.64. The first-order valence-corrected chi connectivity index (χ1v) is 10.2. The van der Waals surface area contributed by atoms with Crippen molar-refractivity contribution in [3.05, 3.63) is 65.7 Å². The molecule has 2 rings (SSSR count). The second kappa shape index (κ2) is 11.2. The third kappa shape index (κ3) is 6.63. The van der Waals surface area contributed by atoms with Crippen LogP contribution in [0.2, 0.25) is 0 Å². The Kier molecular flexibility index (Phi) is 8.71. The highest BCUT2D eigenvalue weighted by Gasteiger charge is 2.30. The molecule has 0 spiro atoms. The molecule has 0 unspecified atom stereocenters. The lowest BCUT2D eigenvalue weighted by Crippen LogP contribution is -2.52. The average Bonchev–Trinajstić information content (AvgIpc) is 2.76. The Bertz CT molecular complexity index is 792. The van der Waals surface area contributed by atoms with Gasteiger partial charge in [-0.25, -0.2) is 0 Å². The molecule has 0 saturated carbocycles. The SMILES string of the molecule is CCC(=O)N(Cc1cccc(OC)c1)[C@H](Cc1ccccc1)C(=O)N[C@H](C)CC. The zero-order valence-corrected chi connectivity index (χ0v) is 17.9. The Labute approximate surface area is 174 Å². The van der Waals surface area contributed by atoms with Crippen molar-refractivity contribution in [2.75, 3.05) is 7.11 Å². The molecule has 5 heteroatoms. The third-order valence-corrected chi connectivity index (χ3v) is 5.06. The van der Waals surface area contributed by atoms with E-state index in [-0.39, 0.29) is 17.9 Å². The predicted molar refractivity (Wildman–Crippen MR) is 116 cm³/mol. The Balaban J connectivity index is 2.36. The molecule has 0 radical (unpaired) electrons. The van der Waals surface area contributed by atoms with Crippen LogP contribution in [0, 0.1) is 0 Å². The van der Waals surface area contributed by atoms with Gasteiger partial charge in [0.25, 0.3) is 0 Å². The van der Waals surface area contributed by atoms with Gasteiger partial charge in [0.15, 0.2) is 0 Å². The predicted octanol–water partition coefficient (Wildman–Crippen LogP) is 3.96. The van der Waals surface area contributed by atoms with Gasteiger partial charge in [-0.05, 0) is 36.6 Å². The highest BCUT2D eigenvalue weighted by Crippen LogP contribution is 2.19. The Hall–Kier alpha value is -2.82. The van der Waals surface area contributed by atoms with Crippen molar-refractivity contribution in [3.8, 4) is 5.75 Å². The molecule has 2 aromatic carbocycles. The number of methoxy groups -OCH3 is 1. The number of rotatable bonds is 10. The molecule has 5 nitrogen and oxygen atoms in total. The molecule has 2 aromatic rings. The number of nitrogens with zero attached hydrogens (tertiary/aromatic N) is 1. The average molecular weight is 397 g/mol. The molecule has 0 aliphatic rings. The van der Waals surface area contributed by atoms with Crippen molar-refractivity contribution in [1.29, 1.82) is 0 Å². The van der Waals surface area contributed by atoms with Crippen LogP contribution in [0.15, 0.2) is 54.6 Å². The topological polar surface area (TPSA) is 58.6 Å². The normalized spacial score (nSPS) is 12.7. The van der Waals surface area contributed by atoms with Gasteiger partial charge < -0.3 is 15.0 Å². The van der Waals surface area contributed by atoms with Crippen LogP contribution in [0.4, 0.5) is 0 Å². The van der Waals surface area contributed by atoms with E-state index in [0.29, 0.717) is 19.4 Å². The Morgan fingerprint density at radius 3 is 2.34 bits per heavy atom. The van der Waals surface area contributed by atoms with E-state index in [1.165, 1.54) is 0 Å². The molecule has 29 heavy (non-hydrogen) atoms. The molecule has 156 valence electrons. The minimum atomic E-state index is -0.579. The van der Waals surface area contributed by atoms with E-state index in [1.807, 2.05) is 75.4 Å². The summed E-state index contributed by atoms with van der Waals surface area (Å²) >= 11 is 0. The number of benzene rings is 2. The first kappa shape index (κ1) is 22.5. The molecule has 2 amide bonds. The number of carbonyl (C=O) groups is 2. The van der Waals surface area contributed by atoms with E-state index >= 15 is 0 Å². The van der Waals surface area contributed by atoms with Crippen molar-refractivity contribution < 1.29 is 14.3 Å². The van der Waals surface area contributed by atoms with Gasteiger partial charge in [0.05, 0.1) is 7.11 Å². The molecule has 0 aromatic heterocycles. The summed E-state index contributed by atoms with van der Waals surface area (Å²) in [6.45, 7) is 6.19. The molecule has 0 aliphatic heterocycles. The lowest BCUT2D eigenvalue weighted by atomic mass is 10.0. The van der Waals surface area contributed by atoms with Gasteiger partial charge in [-0.3, -0.25) is 9.59 Å². The van der Waals surface area contributed by atoms with Crippen molar-refractivity contribution >= 4 is 11.8 Å². The van der Waals surface area contributed by atoms with Crippen LogP contribution >= 0.6 is 0 Å². The lowest BCUT2D eigenvalue weighted by molar-refractivity contribution is -0.141. The van der Waals surface area contributed by atoms with Crippen molar-refractivity contribution in [3.63, 3.8) is 0 Å². The first-order valence-electron chi connectivity index (χ1n) is 10.2. The molecule has 0 aliphatic carbocycles. The minimum Gasteiger partial charge on any atom is -0.497 e. The Morgan fingerprint density at radius 1 is 1.03 bits per heavy atom. The number of carbonyl (C=O) groups excluding carboxylic acids is 2. The van der Waals surface area contributed by atoms with E-state index in [1.54, 1.807) is 12.0 Å². The standard InChI is InChI=1S/C24H32N2O3/c1-5-18(3)25-24(28)22(16-19-11-8-7-9-12-19)26(23(27)6-2)17-20-13-10-14-21(15-20)29-4/h7-15,18,22H,5-6,16-17H2,1-4H3,(H,25,28)/t18-,22-/m1/s1. The van der Waals surface area contributed by atoms with Crippen molar-refractivity contribution in [1.82, 2.24) is 10.2 Å². The van der Waals surface area contributed by atoms with Gasteiger partial charge in [0, 0.05) is 25.4 Å². The fourth-order valence-electron chi connectivity index (χ4n) is 3.17. The molecular weight excluding hydrogens is 364 g/mol. The molecule has 0 bridgehead atoms. The maximum Gasteiger partial charge on any atom is 0.243 e. The van der Waals surface area contributed by atoms with Gasteiger partial charge in [0.2, 0.25) is 11.8 Å². The second-order valence-corrected chi connectivity index (χ2v) is 7.25. The smallest absolute Gasteiger partial charge is 0.243 e. The number of amides is 2. The number of hydrogen-bond acceptors (Lipinski definition) is 3. The van der Waals surface area contributed by atoms with Crippen LogP contribution < -0.4 is 10.1 Å². The van der Waals surface area contributed by atoms with E-state index in [0.717, 1.165) is 23.3 Å². The highest BCUT2D eigenvalue weighted by atomic mass is 16.5. The molecule has 0 fully saturated rings. The van der Waals surface area contributed by atoms with Crippen LogP contribution in [-0.2, 0) is 22.6 Å². The number of nitrogens with one attached hydrogen (secondary N) is 1. The van der Waals surface area contributed by atoms with Crippen LogP contribution in [0.1, 0.15) is 44.7 Å². The minimum absolute atomic E-state index is 0.0481. The fourth-order valence-corrected chi connectivity index (χ4v) is 3.17. The van der Waals surface area contributed by atoms with Gasteiger partial charge in [-0.1, -0.05) is 56.3 Å². The van der Waals surface area contributed by atoms with E-state index < -0.39 is 6.04 Å². The highest BCUT2D eigenvalue weighted by molar-refractivity contribution is 5.88. The van der Waals surface area contributed by atoms with Crippen molar-refractivity contribution in [2.24, 2.45) is 0 Å². The zero-order chi connectivity index (χ0) is 21.2. The maximum atomic E-state index is 13.2. The van der Waals surface area contributed by atoms with Crippen LogP contribution in [-0.4, -0.2) is 35.9 Å². The maximum absolute atomic E-state index is 13.2. The van der Waals surface area contributed by atoms with E-state index in [4.69, 9.17) is 4.74 Å². The summed E-state index contributed by atoms with van der Waals surface area (Å²) in [7, 11) is 1.62. The molecule has 0 saturated heterocycles.